The number of fused-ring (bicyclic) bond motifs is 2. The van der Waals surface area contributed by atoms with Crippen molar-refractivity contribution in [3.8, 4) is 11.5 Å². The van der Waals surface area contributed by atoms with E-state index in [1.54, 1.807) is 22.9 Å². The number of nitrogens with zero attached hydrogens (tertiary/aromatic N) is 1. The first-order valence-electron chi connectivity index (χ1n) is 11.3. The van der Waals surface area contributed by atoms with Crippen LogP contribution in [-0.4, -0.2) is 25.5 Å². The fourth-order valence-electron chi connectivity index (χ4n) is 4.14. The van der Waals surface area contributed by atoms with Gasteiger partial charge in [0.2, 0.25) is 0 Å². The molecule has 39 heavy (non-hydrogen) atoms. The zero-order valence-electron chi connectivity index (χ0n) is 21.4. The van der Waals surface area contributed by atoms with Crippen molar-refractivity contribution in [3.05, 3.63) is 82.4 Å². The molecule has 14 heteroatoms. The Morgan fingerprint density at radius 3 is 2.64 bits per heavy atom. The first kappa shape index (κ1) is 29.5. The summed E-state index contributed by atoms with van der Waals surface area (Å²) in [5.41, 5.74) is -3.70. The maximum atomic E-state index is 13.5. The van der Waals surface area contributed by atoms with Crippen LogP contribution in [0.4, 0.5) is 27.6 Å². The number of ether oxygens (including phenoxy) is 2. The number of halogens is 5. The summed E-state index contributed by atoms with van der Waals surface area (Å²) in [6.07, 6.45) is 1.05. The van der Waals surface area contributed by atoms with Gasteiger partial charge >= 0.3 is 45.1 Å². The molecular formula is C25H20F5N2NaO4S2. The van der Waals surface area contributed by atoms with Crippen LogP contribution in [0, 0.1) is 17.6 Å². The van der Waals surface area contributed by atoms with Crippen LogP contribution in [0.25, 0.3) is 10.2 Å². The molecule has 1 unspecified atom stereocenters. The van der Waals surface area contributed by atoms with E-state index in [0.29, 0.717) is 51.7 Å². The normalized spacial score (nSPS) is 15.3. The van der Waals surface area contributed by atoms with Gasteiger partial charge in [-0.2, -0.15) is 21.6 Å². The van der Waals surface area contributed by atoms with Gasteiger partial charge in [-0.1, -0.05) is 12.1 Å². The van der Waals surface area contributed by atoms with Crippen LogP contribution in [0.5, 0.6) is 11.5 Å². The second kappa shape index (κ2) is 11.6. The summed E-state index contributed by atoms with van der Waals surface area (Å²) in [6.45, 7) is 0.483. The summed E-state index contributed by atoms with van der Waals surface area (Å²) in [4.78, 5) is 4.28. The van der Waals surface area contributed by atoms with E-state index in [-0.39, 0.29) is 49.2 Å². The van der Waals surface area contributed by atoms with Gasteiger partial charge in [0.1, 0.15) is 23.1 Å². The second-order valence-corrected chi connectivity index (χ2v) is 11.5. The molecule has 4 aromatic rings. The van der Waals surface area contributed by atoms with Crippen LogP contribution in [0.15, 0.2) is 54.6 Å². The summed E-state index contributed by atoms with van der Waals surface area (Å²) in [7, 11) is -5.51. The maximum Gasteiger partial charge on any atom is 1.00 e. The van der Waals surface area contributed by atoms with Gasteiger partial charge in [0.25, 0.3) is 0 Å². The average molecular weight is 595 g/mol. The molecule has 0 amide bonds. The number of anilines is 1. The minimum Gasteiger partial charge on any atom is -1.00 e. The maximum absolute atomic E-state index is 13.5. The van der Waals surface area contributed by atoms with Gasteiger partial charge in [-0.15, -0.1) is 11.3 Å². The van der Waals surface area contributed by atoms with Gasteiger partial charge in [-0.25, -0.2) is 13.8 Å². The molecule has 202 valence electrons. The Morgan fingerprint density at radius 1 is 1.10 bits per heavy atom. The van der Waals surface area contributed by atoms with Crippen molar-refractivity contribution in [2.75, 3.05) is 11.3 Å². The van der Waals surface area contributed by atoms with Gasteiger partial charge in [-0.3, -0.25) is 4.72 Å². The smallest absolute Gasteiger partial charge is 1.00 e. The standard InChI is InChI=1S/C25H19F5N2O4S2.Na.H/c26-19-10-21-23(11-20(19)27)37-24(31-21)13-35-18-4-5-22-16(9-18)7-15(12-36-22)6-14-2-1-3-17(8-14)32-38(33,34)25(28,29)30;;/h1-5,8-11,15,32H,6-7,12-13H2;;/q;+1;-1. The molecule has 0 saturated carbocycles. The monoisotopic (exact) mass is 594 g/mol. The van der Waals surface area contributed by atoms with Crippen LogP contribution in [0.2, 0.25) is 0 Å². The van der Waals surface area contributed by atoms with E-state index < -0.39 is 27.2 Å². The number of thiazole rings is 1. The molecule has 1 aliphatic rings. The average Bonchev–Trinajstić information content (AvgIpc) is 3.23. The van der Waals surface area contributed by atoms with Crippen LogP contribution in [0.3, 0.4) is 0 Å². The van der Waals surface area contributed by atoms with Crippen molar-refractivity contribution in [1.82, 2.24) is 4.98 Å². The van der Waals surface area contributed by atoms with Gasteiger partial charge in [-0.05, 0) is 60.4 Å². The van der Waals surface area contributed by atoms with Crippen LogP contribution in [0.1, 0.15) is 17.6 Å². The van der Waals surface area contributed by atoms with Crippen LogP contribution < -0.4 is 43.8 Å². The summed E-state index contributed by atoms with van der Waals surface area (Å²) < 4.78 is 102. The fraction of sp³-hybridized carbons (Fsp3) is 0.240. The van der Waals surface area contributed by atoms with Crippen molar-refractivity contribution < 1.29 is 70.8 Å². The van der Waals surface area contributed by atoms with Gasteiger partial charge in [0.05, 0.1) is 16.8 Å². The topological polar surface area (TPSA) is 77.5 Å². The first-order chi connectivity index (χ1) is 18.0. The van der Waals surface area contributed by atoms with E-state index in [9.17, 15) is 30.4 Å². The number of aromatic nitrogens is 1. The predicted molar refractivity (Wildman–Crippen MR) is 133 cm³/mol. The van der Waals surface area contributed by atoms with E-state index in [1.807, 2.05) is 6.07 Å². The van der Waals surface area contributed by atoms with E-state index >= 15 is 0 Å². The molecular weight excluding hydrogens is 574 g/mol. The number of benzene rings is 3. The van der Waals surface area contributed by atoms with Crippen molar-refractivity contribution in [1.29, 1.82) is 0 Å². The molecule has 5 rings (SSSR count). The molecule has 3 aromatic carbocycles. The van der Waals surface area contributed by atoms with Gasteiger partial charge in [0, 0.05) is 17.7 Å². The van der Waals surface area contributed by atoms with Crippen LogP contribution in [-0.2, 0) is 29.5 Å². The second-order valence-electron chi connectivity index (χ2n) is 8.74. The molecule has 6 nitrogen and oxygen atoms in total. The third kappa shape index (κ3) is 6.83. The molecule has 1 aromatic heterocycles. The Labute approximate surface area is 248 Å². The Bertz CT molecular complexity index is 1580. The minimum absolute atomic E-state index is 0. The van der Waals surface area contributed by atoms with Crippen molar-refractivity contribution >= 4 is 37.3 Å². The van der Waals surface area contributed by atoms with Gasteiger partial charge < -0.3 is 10.9 Å². The molecule has 1 atom stereocenters. The van der Waals surface area contributed by atoms with E-state index in [1.165, 1.54) is 29.5 Å². The number of hydrogen-bond acceptors (Lipinski definition) is 6. The molecule has 2 heterocycles. The Hall–Kier alpha value is -2.45. The number of sulfonamides is 1. The van der Waals surface area contributed by atoms with Crippen LogP contribution >= 0.6 is 11.3 Å². The Morgan fingerprint density at radius 2 is 1.87 bits per heavy atom. The summed E-state index contributed by atoms with van der Waals surface area (Å²) >= 11 is 1.20. The molecule has 0 spiro atoms. The van der Waals surface area contributed by atoms with Crippen molar-refractivity contribution in [2.24, 2.45) is 5.92 Å². The summed E-state index contributed by atoms with van der Waals surface area (Å²) in [6, 6.07) is 13.3. The number of alkyl halides is 3. The zero-order valence-corrected chi connectivity index (χ0v) is 24.0. The minimum atomic E-state index is -5.51. The molecule has 0 saturated heterocycles. The Kier molecular flexibility index (Phi) is 8.76. The molecule has 1 aliphatic heterocycles. The van der Waals surface area contributed by atoms with Crippen molar-refractivity contribution in [2.45, 2.75) is 25.0 Å². The largest absolute Gasteiger partial charge is 1.00 e. The van der Waals surface area contributed by atoms with Gasteiger partial charge in [0.15, 0.2) is 11.6 Å². The number of nitrogens with one attached hydrogen (secondary N) is 1. The number of hydrogen-bond donors (Lipinski definition) is 1. The van der Waals surface area contributed by atoms with E-state index in [2.05, 4.69) is 4.98 Å². The SMILES string of the molecule is O=S(=O)(Nc1cccc(CC2COc3ccc(OCc4nc5cc(F)c(F)cc5s4)cc3C2)c1)C(F)(F)F.[H-].[Na+]. The molecule has 0 radical (unpaired) electrons. The zero-order chi connectivity index (χ0) is 27.1. The molecule has 0 bridgehead atoms. The third-order valence-electron chi connectivity index (χ3n) is 5.86. The molecule has 0 aliphatic carbocycles. The molecule has 1 N–H and O–H groups in total. The van der Waals surface area contributed by atoms with E-state index in [4.69, 9.17) is 9.47 Å². The quantitative estimate of drug-likeness (QED) is 0.263. The fourth-order valence-corrected chi connectivity index (χ4v) is 5.58. The first-order valence-corrected chi connectivity index (χ1v) is 13.6. The summed E-state index contributed by atoms with van der Waals surface area (Å²) in [5.74, 6) is -0.679. The third-order valence-corrected chi connectivity index (χ3v) is 7.97. The summed E-state index contributed by atoms with van der Waals surface area (Å²) in [5, 5.41) is 0.554. The van der Waals surface area contributed by atoms with Crippen molar-refractivity contribution in [3.63, 3.8) is 0 Å². The molecule has 0 fully saturated rings. The predicted octanol–water partition coefficient (Wildman–Crippen LogP) is 3.33. The van der Waals surface area contributed by atoms with E-state index in [0.717, 1.165) is 17.7 Å². The number of rotatable bonds is 7. The Balaban J connectivity index is 0.00000220.